The van der Waals surface area contributed by atoms with Crippen molar-refractivity contribution in [3.8, 4) is 0 Å². The summed E-state index contributed by atoms with van der Waals surface area (Å²) in [6, 6.07) is 0. The van der Waals surface area contributed by atoms with Crippen LogP contribution in [0.25, 0.3) is 0 Å². The third kappa shape index (κ3) is 5.06. The summed E-state index contributed by atoms with van der Waals surface area (Å²) in [7, 11) is 0. The van der Waals surface area contributed by atoms with Gasteiger partial charge < -0.3 is 0 Å². The molecule has 13 heavy (non-hydrogen) atoms. The molecule has 0 spiro atoms. The van der Waals surface area contributed by atoms with Gasteiger partial charge in [0.2, 0.25) is 0 Å². The van der Waals surface area contributed by atoms with Gasteiger partial charge in [0.15, 0.2) is 0 Å². The van der Waals surface area contributed by atoms with Gasteiger partial charge >= 0.3 is 0 Å². The largest absolute Gasteiger partial charge is 0.299 e. The fraction of sp³-hybridized carbons (Fsp3) is 0.500. The molecule has 0 amide bonds. The Bertz CT molecular complexity index is 234. The Morgan fingerprint density at radius 2 is 2.08 bits per heavy atom. The van der Waals surface area contributed by atoms with Crippen molar-refractivity contribution in [3.63, 3.8) is 0 Å². The zero-order valence-electron chi connectivity index (χ0n) is 8.45. The maximum atomic E-state index is 10.9. The first-order chi connectivity index (χ1) is 6.33. The summed E-state index contributed by atoms with van der Waals surface area (Å²) in [6.07, 6.45) is 5.78. The first-order valence-electron chi connectivity index (χ1n) is 4.59. The molecular formula is C10H16N2O. The minimum Gasteiger partial charge on any atom is -0.299 e. The predicted octanol–water partition coefficient (Wildman–Crippen LogP) is 2.02. The monoisotopic (exact) mass is 180 g/mol. The molecule has 0 saturated carbocycles. The topological polar surface area (TPSA) is 42.9 Å². The molecule has 0 aliphatic carbocycles. The second kappa shape index (κ2) is 7.40. The molecule has 0 atom stereocenters. The molecule has 0 aromatic carbocycles. The van der Waals surface area contributed by atoms with Crippen LogP contribution < -0.4 is 0 Å². The molecular weight excluding hydrogens is 164 g/mol. The van der Waals surface area contributed by atoms with Crippen LogP contribution in [0.5, 0.6) is 0 Å². The van der Waals surface area contributed by atoms with Gasteiger partial charge in [-0.2, -0.15) is 0 Å². The molecule has 1 aromatic heterocycles. The molecule has 72 valence electrons. The van der Waals surface area contributed by atoms with E-state index in [1.807, 2.05) is 20.8 Å². The molecule has 0 fully saturated rings. The Kier molecular flexibility index (Phi) is 6.69. The molecule has 0 saturated heterocycles. The molecule has 3 heteroatoms. The number of carbonyl (C=O) groups excluding carboxylic acids is 1. The highest BCUT2D eigenvalue weighted by Crippen LogP contribution is 1.94. The Morgan fingerprint density at radius 3 is 2.54 bits per heavy atom. The zero-order chi connectivity index (χ0) is 10.1. The van der Waals surface area contributed by atoms with E-state index in [0.717, 1.165) is 5.69 Å². The lowest BCUT2D eigenvalue weighted by Gasteiger charge is -1.94. The first kappa shape index (κ1) is 11.8. The maximum Gasteiger partial charge on any atom is 0.138 e. The van der Waals surface area contributed by atoms with E-state index in [1.165, 1.54) is 0 Å². The second-order valence-electron chi connectivity index (χ2n) is 2.27. The van der Waals surface area contributed by atoms with Crippen LogP contribution in [0.4, 0.5) is 0 Å². The van der Waals surface area contributed by atoms with Crippen LogP contribution in [0.1, 0.15) is 32.9 Å². The van der Waals surface area contributed by atoms with E-state index in [9.17, 15) is 4.79 Å². The highest BCUT2D eigenvalue weighted by Gasteiger charge is 2.00. The van der Waals surface area contributed by atoms with Crippen LogP contribution in [0.3, 0.4) is 0 Å². The molecule has 1 heterocycles. The van der Waals surface area contributed by atoms with Crippen molar-refractivity contribution >= 4 is 5.78 Å². The minimum absolute atomic E-state index is 0.200. The fourth-order valence-electron chi connectivity index (χ4n) is 0.748. The quantitative estimate of drug-likeness (QED) is 0.714. The molecule has 3 nitrogen and oxygen atoms in total. The molecule has 0 aliphatic heterocycles. The zero-order valence-corrected chi connectivity index (χ0v) is 8.45. The number of carbonyl (C=O) groups is 1. The number of ketones is 1. The van der Waals surface area contributed by atoms with Crippen LogP contribution >= 0.6 is 0 Å². The third-order valence-corrected chi connectivity index (χ3v) is 1.39. The van der Waals surface area contributed by atoms with Gasteiger partial charge in [0.1, 0.15) is 5.78 Å². The van der Waals surface area contributed by atoms with E-state index in [2.05, 4.69) is 9.97 Å². The van der Waals surface area contributed by atoms with Gasteiger partial charge in [0.25, 0.3) is 0 Å². The Morgan fingerprint density at radius 1 is 1.38 bits per heavy atom. The summed E-state index contributed by atoms with van der Waals surface area (Å²) in [5.41, 5.74) is 0.749. The van der Waals surface area contributed by atoms with Crippen molar-refractivity contribution < 1.29 is 4.79 Å². The lowest BCUT2D eigenvalue weighted by molar-refractivity contribution is -0.118. The van der Waals surface area contributed by atoms with Crippen LogP contribution in [0.2, 0.25) is 0 Å². The van der Waals surface area contributed by atoms with Gasteiger partial charge in [-0.25, -0.2) is 0 Å². The smallest absolute Gasteiger partial charge is 0.138 e. The van der Waals surface area contributed by atoms with E-state index in [4.69, 9.17) is 0 Å². The summed E-state index contributed by atoms with van der Waals surface area (Å²) in [4.78, 5) is 18.8. The number of Topliss-reactive ketones (excluding diaryl/α,β-unsaturated/α-hetero) is 1. The van der Waals surface area contributed by atoms with Crippen molar-refractivity contribution in [3.05, 3.63) is 24.3 Å². The Labute approximate surface area is 79.2 Å². The van der Waals surface area contributed by atoms with Gasteiger partial charge in [0.05, 0.1) is 12.1 Å². The summed E-state index contributed by atoms with van der Waals surface area (Å²) >= 11 is 0. The number of nitrogens with zero attached hydrogens (tertiary/aromatic N) is 2. The van der Waals surface area contributed by atoms with Crippen molar-refractivity contribution in [1.29, 1.82) is 0 Å². The lowest BCUT2D eigenvalue weighted by Crippen LogP contribution is -2.02. The van der Waals surface area contributed by atoms with Gasteiger partial charge in [-0.3, -0.25) is 14.8 Å². The van der Waals surface area contributed by atoms with Crippen molar-refractivity contribution in [2.75, 3.05) is 0 Å². The lowest BCUT2D eigenvalue weighted by atomic mass is 10.2. The summed E-state index contributed by atoms with van der Waals surface area (Å²) in [6.45, 7) is 5.85. The maximum absolute atomic E-state index is 10.9. The standard InChI is InChI=1S/C8H10N2O.C2H6/c1-2-8(11)5-7-6-9-3-4-10-7;1-2/h3-4,6H,2,5H2,1H3;1-2H3. The molecule has 0 radical (unpaired) electrons. The van der Waals surface area contributed by atoms with E-state index < -0.39 is 0 Å². The molecule has 0 unspecified atom stereocenters. The number of hydrogen-bond acceptors (Lipinski definition) is 3. The molecule has 0 bridgehead atoms. The van der Waals surface area contributed by atoms with Gasteiger partial charge in [-0.15, -0.1) is 0 Å². The van der Waals surface area contributed by atoms with Gasteiger partial charge in [-0.05, 0) is 0 Å². The molecule has 1 rings (SSSR count). The van der Waals surface area contributed by atoms with Crippen LogP contribution in [-0.4, -0.2) is 15.8 Å². The molecule has 0 aliphatic rings. The van der Waals surface area contributed by atoms with Crippen molar-refractivity contribution in [2.24, 2.45) is 0 Å². The Hall–Kier alpha value is -1.25. The van der Waals surface area contributed by atoms with Crippen molar-refractivity contribution in [2.45, 2.75) is 33.6 Å². The normalized spacial score (nSPS) is 8.54. The minimum atomic E-state index is 0.200. The summed E-state index contributed by atoms with van der Waals surface area (Å²) in [5.74, 6) is 0.200. The van der Waals surface area contributed by atoms with E-state index >= 15 is 0 Å². The molecule has 0 N–H and O–H groups in total. The molecule has 1 aromatic rings. The van der Waals surface area contributed by atoms with Crippen LogP contribution in [0, 0.1) is 0 Å². The van der Waals surface area contributed by atoms with E-state index in [1.54, 1.807) is 18.6 Å². The van der Waals surface area contributed by atoms with Gasteiger partial charge in [0, 0.05) is 25.0 Å². The highest BCUT2D eigenvalue weighted by atomic mass is 16.1. The van der Waals surface area contributed by atoms with E-state index in [0.29, 0.717) is 12.8 Å². The van der Waals surface area contributed by atoms with Crippen LogP contribution in [-0.2, 0) is 11.2 Å². The Balaban J connectivity index is 0.000000671. The number of rotatable bonds is 3. The van der Waals surface area contributed by atoms with Crippen LogP contribution in [0.15, 0.2) is 18.6 Å². The number of aromatic nitrogens is 2. The average molecular weight is 180 g/mol. The third-order valence-electron chi connectivity index (χ3n) is 1.39. The van der Waals surface area contributed by atoms with Gasteiger partial charge in [-0.1, -0.05) is 20.8 Å². The average Bonchev–Trinajstić information content (AvgIpc) is 2.22. The number of hydrogen-bond donors (Lipinski definition) is 0. The first-order valence-corrected chi connectivity index (χ1v) is 4.59. The second-order valence-corrected chi connectivity index (χ2v) is 2.27. The SMILES string of the molecule is CC.CCC(=O)Cc1cnccn1. The highest BCUT2D eigenvalue weighted by molar-refractivity contribution is 5.79. The fourth-order valence-corrected chi connectivity index (χ4v) is 0.748. The predicted molar refractivity (Wildman–Crippen MR) is 52.4 cm³/mol. The summed E-state index contributed by atoms with van der Waals surface area (Å²) < 4.78 is 0. The van der Waals surface area contributed by atoms with E-state index in [-0.39, 0.29) is 5.78 Å². The van der Waals surface area contributed by atoms with Crippen molar-refractivity contribution in [1.82, 2.24) is 9.97 Å². The summed E-state index contributed by atoms with van der Waals surface area (Å²) in [5, 5.41) is 0.